The molecule has 1 heterocycles. The first-order chi connectivity index (χ1) is 14.3. The number of carbonyl (C=O) groups excluding carboxylic acids is 2. The number of carbonyl (C=O) groups is 2. The van der Waals surface area contributed by atoms with Crippen LogP contribution in [0, 0.1) is 29.5 Å². The third-order valence-corrected chi connectivity index (χ3v) is 6.71. The predicted octanol–water partition coefficient (Wildman–Crippen LogP) is 2.08. The van der Waals surface area contributed by atoms with Crippen molar-refractivity contribution < 1.29 is 14.0 Å². The van der Waals surface area contributed by atoms with Crippen molar-refractivity contribution >= 4 is 17.8 Å². The lowest BCUT2D eigenvalue weighted by atomic mass is 9.84. The lowest BCUT2D eigenvalue weighted by Gasteiger charge is -2.27. The Morgan fingerprint density at radius 3 is 2.37 bits per heavy atom. The molecule has 1 saturated heterocycles. The minimum absolute atomic E-state index is 0.0349. The van der Waals surface area contributed by atoms with Crippen LogP contribution in [0.5, 0.6) is 0 Å². The Labute approximate surface area is 176 Å². The first-order valence-corrected chi connectivity index (χ1v) is 10.6. The van der Waals surface area contributed by atoms with E-state index in [1.807, 2.05) is 19.9 Å². The van der Waals surface area contributed by atoms with E-state index in [9.17, 15) is 14.0 Å². The summed E-state index contributed by atoms with van der Waals surface area (Å²) in [6.45, 7) is 5.15. The highest BCUT2D eigenvalue weighted by Gasteiger charge is 2.58. The van der Waals surface area contributed by atoms with E-state index in [0.717, 1.165) is 6.42 Å². The molecule has 1 saturated carbocycles. The number of amides is 2. The molecule has 2 fully saturated rings. The van der Waals surface area contributed by atoms with E-state index >= 15 is 0 Å². The number of halogens is 1. The Balaban J connectivity index is 1.29. The van der Waals surface area contributed by atoms with E-state index in [0.29, 0.717) is 31.2 Å². The highest BCUT2D eigenvalue weighted by atomic mass is 19.1. The SMILES string of the molecule is CN=C(NCCN1C(=O)C2C3C=CC(C3)C2C1=O)NCC(C)(C)c1ccccc1F. The zero-order chi connectivity index (χ0) is 21.5. The number of fused-ring (bicyclic) bond motifs is 5. The normalized spacial score (nSPS) is 27.7. The van der Waals surface area contributed by atoms with Crippen molar-refractivity contribution in [2.45, 2.75) is 25.7 Å². The van der Waals surface area contributed by atoms with Gasteiger partial charge in [-0.3, -0.25) is 19.5 Å². The fraction of sp³-hybridized carbons (Fsp3) is 0.522. The summed E-state index contributed by atoms with van der Waals surface area (Å²) in [5.41, 5.74) is 0.198. The van der Waals surface area contributed by atoms with Gasteiger partial charge in [0.25, 0.3) is 0 Å². The van der Waals surface area contributed by atoms with Gasteiger partial charge in [0.15, 0.2) is 5.96 Å². The number of hydrogen-bond donors (Lipinski definition) is 2. The van der Waals surface area contributed by atoms with Crippen LogP contribution in [0.25, 0.3) is 0 Å². The predicted molar refractivity (Wildman–Crippen MR) is 113 cm³/mol. The van der Waals surface area contributed by atoms with Gasteiger partial charge in [-0.15, -0.1) is 0 Å². The molecule has 0 spiro atoms. The molecule has 6 nitrogen and oxygen atoms in total. The molecule has 2 bridgehead atoms. The molecule has 4 atom stereocenters. The summed E-state index contributed by atoms with van der Waals surface area (Å²) in [4.78, 5) is 31.1. The maximum atomic E-state index is 14.1. The van der Waals surface area contributed by atoms with Crippen molar-refractivity contribution in [3.8, 4) is 0 Å². The van der Waals surface area contributed by atoms with Crippen molar-refractivity contribution in [1.82, 2.24) is 15.5 Å². The topological polar surface area (TPSA) is 73.8 Å². The summed E-state index contributed by atoms with van der Waals surface area (Å²) in [5.74, 6) is 0.388. The molecule has 160 valence electrons. The van der Waals surface area contributed by atoms with Gasteiger partial charge >= 0.3 is 0 Å². The van der Waals surface area contributed by atoms with Crippen LogP contribution in [0.1, 0.15) is 25.8 Å². The summed E-state index contributed by atoms with van der Waals surface area (Å²) < 4.78 is 14.1. The van der Waals surface area contributed by atoms with Crippen LogP contribution in [0.2, 0.25) is 0 Å². The Morgan fingerprint density at radius 2 is 1.77 bits per heavy atom. The van der Waals surface area contributed by atoms with Crippen LogP contribution in [-0.2, 0) is 15.0 Å². The van der Waals surface area contributed by atoms with Crippen molar-refractivity contribution in [3.05, 3.63) is 47.8 Å². The monoisotopic (exact) mass is 412 g/mol. The van der Waals surface area contributed by atoms with Gasteiger partial charge in [0.05, 0.1) is 11.8 Å². The highest BCUT2D eigenvalue weighted by Crippen LogP contribution is 2.52. The molecule has 3 aliphatic rings. The van der Waals surface area contributed by atoms with Gasteiger partial charge in [-0.05, 0) is 29.9 Å². The van der Waals surface area contributed by atoms with Crippen LogP contribution in [0.15, 0.2) is 41.4 Å². The third kappa shape index (κ3) is 3.50. The number of guanidine groups is 1. The van der Waals surface area contributed by atoms with Crippen molar-refractivity contribution in [2.24, 2.45) is 28.7 Å². The van der Waals surface area contributed by atoms with Crippen LogP contribution >= 0.6 is 0 Å². The van der Waals surface area contributed by atoms with E-state index in [-0.39, 0.29) is 41.3 Å². The fourth-order valence-corrected chi connectivity index (χ4v) is 5.10. The number of benzene rings is 1. The lowest BCUT2D eigenvalue weighted by Crippen LogP contribution is -2.46. The number of aliphatic imine (C=N–C) groups is 1. The third-order valence-electron chi connectivity index (χ3n) is 6.71. The molecular weight excluding hydrogens is 383 g/mol. The lowest BCUT2D eigenvalue weighted by molar-refractivity contribution is -0.140. The second kappa shape index (κ2) is 7.85. The van der Waals surface area contributed by atoms with E-state index in [2.05, 4.69) is 27.8 Å². The van der Waals surface area contributed by atoms with Crippen LogP contribution < -0.4 is 10.6 Å². The molecule has 4 unspecified atom stereocenters. The summed E-state index contributed by atoms with van der Waals surface area (Å²) in [7, 11) is 1.66. The molecule has 1 aromatic rings. The van der Waals surface area contributed by atoms with E-state index in [1.54, 1.807) is 19.2 Å². The molecule has 0 aromatic heterocycles. The quantitative estimate of drug-likeness (QED) is 0.325. The largest absolute Gasteiger partial charge is 0.356 e. The number of likely N-dealkylation sites (tertiary alicyclic amines) is 1. The first-order valence-electron chi connectivity index (χ1n) is 10.6. The van der Waals surface area contributed by atoms with Crippen molar-refractivity contribution in [3.63, 3.8) is 0 Å². The molecule has 1 aliphatic heterocycles. The number of rotatable bonds is 6. The molecule has 4 rings (SSSR count). The van der Waals surface area contributed by atoms with Crippen molar-refractivity contribution in [2.75, 3.05) is 26.7 Å². The van der Waals surface area contributed by atoms with Gasteiger partial charge < -0.3 is 10.6 Å². The molecule has 0 radical (unpaired) electrons. The minimum Gasteiger partial charge on any atom is -0.356 e. The summed E-state index contributed by atoms with van der Waals surface area (Å²) >= 11 is 0. The number of nitrogens with one attached hydrogen (secondary N) is 2. The van der Waals surface area contributed by atoms with E-state index < -0.39 is 5.41 Å². The summed E-state index contributed by atoms with van der Waals surface area (Å²) in [6.07, 6.45) is 5.14. The van der Waals surface area contributed by atoms with Crippen LogP contribution in [0.3, 0.4) is 0 Å². The molecule has 30 heavy (non-hydrogen) atoms. The van der Waals surface area contributed by atoms with Gasteiger partial charge in [-0.1, -0.05) is 44.2 Å². The Kier molecular flexibility index (Phi) is 5.38. The zero-order valence-corrected chi connectivity index (χ0v) is 17.7. The smallest absolute Gasteiger partial charge is 0.233 e. The summed E-state index contributed by atoms with van der Waals surface area (Å²) in [6, 6.07) is 6.76. The Morgan fingerprint density at radius 1 is 1.13 bits per heavy atom. The molecule has 1 aromatic carbocycles. The maximum absolute atomic E-state index is 14.1. The maximum Gasteiger partial charge on any atom is 0.233 e. The second-order valence-electron chi connectivity index (χ2n) is 9.04. The van der Waals surface area contributed by atoms with E-state index in [1.165, 1.54) is 11.0 Å². The van der Waals surface area contributed by atoms with Gasteiger partial charge in [-0.25, -0.2) is 4.39 Å². The minimum atomic E-state index is -0.437. The van der Waals surface area contributed by atoms with Gasteiger partial charge in [0.2, 0.25) is 11.8 Å². The Hall–Kier alpha value is -2.70. The second-order valence-corrected chi connectivity index (χ2v) is 9.04. The number of hydrogen-bond acceptors (Lipinski definition) is 3. The number of imide groups is 1. The summed E-state index contributed by atoms with van der Waals surface area (Å²) in [5, 5.41) is 6.38. The Bertz CT molecular complexity index is 880. The first kappa shape index (κ1) is 20.6. The van der Waals surface area contributed by atoms with Crippen molar-refractivity contribution in [1.29, 1.82) is 0 Å². The van der Waals surface area contributed by atoms with Gasteiger partial charge in [0, 0.05) is 32.1 Å². The fourth-order valence-electron chi connectivity index (χ4n) is 5.10. The van der Waals surface area contributed by atoms with Crippen LogP contribution in [0.4, 0.5) is 4.39 Å². The molecule has 7 heteroatoms. The average molecular weight is 413 g/mol. The van der Waals surface area contributed by atoms with Gasteiger partial charge in [-0.2, -0.15) is 0 Å². The van der Waals surface area contributed by atoms with Crippen LogP contribution in [-0.4, -0.2) is 49.4 Å². The molecule has 2 amide bonds. The number of allylic oxidation sites excluding steroid dienone is 2. The van der Waals surface area contributed by atoms with E-state index in [4.69, 9.17) is 0 Å². The molecular formula is C23H29FN4O2. The highest BCUT2D eigenvalue weighted by molar-refractivity contribution is 6.06. The zero-order valence-electron chi connectivity index (χ0n) is 17.7. The van der Waals surface area contributed by atoms with Gasteiger partial charge in [0.1, 0.15) is 5.82 Å². The molecule has 2 N–H and O–H groups in total. The average Bonchev–Trinajstić information content (AvgIpc) is 3.40. The molecule has 2 aliphatic carbocycles. The standard InChI is InChI=1S/C23H29FN4O2/c1-23(2,16-6-4-5-7-17(16)24)13-27-22(25-3)26-10-11-28-20(29)18-14-8-9-15(12-14)19(18)21(28)30/h4-9,14-15,18-19H,10-13H2,1-3H3,(H2,25,26,27). The number of nitrogens with zero attached hydrogens (tertiary/aromatic N) is 2.